The van der Waals surface area contributed by atoms with E-state index in [2.05, 4.69) is 57.0 Å². The van der Waals surface area contributed by atoms with Crippen LogP contribution in [0.25, 0.3) is 0 Å². The lowest BCUT2D eigenvalue weighted by Gasteiger charge is -2.22. The summed E-state index contributed by atoms with van der Waals surface area (Å²) in [7, 11) is 6.49. The number of quaternary nitrogens is 1. The molecule has 0 radical (unpaired) electrons. The average Bonchev–Trinajstić information content (AvgIpc) is 2.19. The highest BCUT2D eigenvalue weighted by molar-refractivity contribution is 6.25. The number of alkyl halides is 1. The van der Waals surface area contributed by atoms with Gasteiger partial charge in [0.1, 0.15) is 5.69 Å². The highest BCUT2D eigenvalue weighted by Crippen LogP contribution is 2.14. The van der Waals surface area contributed by atoms with E-state index >= 15 is 0 Å². The van der Waals surface area contributed by atoms with Crippen LogP contribution in [0.5, 0.6) is 0 Å². The minimum absolute atomic E-state index is 0.417. The van der Waals surface area contributed by atoms with Crippen molar-refractivity contribution < 1.29 is 9.90 Å². The summed E-state index contributed by atoms with van der Waals surface area (Å²) in [5, 5.41) is 9.12. The molecule has 15 heavy (non-hydrogen) atoms. The van der Waals surface area contributed by atoms with E-state index in [1.54, 1.807) is 0 Å². The number of hydrogen-bond acceptors (Lipinski definition) is 2. The van der Waals surface area contributed by atoms with Gasteiger partial charge in [0.2, 0.25) is 0 Å². The van der Waals surface area contributed by atoms with Crippen molar-refractivity contribution in [3.8, 4) is 0 Å². The van der Waals surface area contributed by atoms with E-state index in [4.69, 9.17) is 9.90 Å². The van der Waals surface area contributed by atoms with Crippen molar-refractivity contribution in [2.45, 2.75) is 0 Å². The van der Waals surface area contributed by atoms with E-state index in [9.17, 15) is 0 Å². The van der Waals surface area contributed by atoms with Crippen LogP contribution in [0.1, 0.15) is 0 Å². The molecule has 0 aliphatic heterocycles. The van der Waals surface area contributed by atoms with Crippen LogP contribution in [0.4, 0.5) is 5.69 Å². The highest BCUT2D eigenvalue weighted by Gasteiger charge is 2.08. The monoisotopic (exact) mass is 229 g/mol. The summed E-state index contributed by atoms with van der Waals surface area (Å²) in [5.41, 5.74) is 1.34. The van der Waals surface area contributed by atoms with Gasteiger partial charge in [-0.15, -0.1) is 11.6 Å². The lowest BCUT2D eigenvalue weighted by atomic mass is 10.3. The fraction of sp³-hybridized carbons (Fsp3) is 0.364. The second-order valence-corrected chi connectivity index (χ2v) is 4.12. The summed E-state index contributed by atoms with van der Waals surface area (Å²) in [4.78, 5) is 9.12. The lowest BCUT2D eigenvalue weighted by molar-refractivity contribution is -0.301. The van der Waals surface area contributed by atoms with E-state index < -0.39 is 11.8 Å². The molecule has 0 saturated carbocycles. The Balaban J connectivity index is 0.000000336. The number of carbonyl (C=O) groups excluding carboxylic acids is 1. The fourth-order valence-corrected chi connectivity index (χ4v) is 0.875. The van der Waals surface area contributed by atoms with Gasteiger partial charge in [0.15, 0.2) is 0 Å². The summed E-state index contributed by atoms with van der Waals surface area (Å²) in [6, 6.07) is 10.5. The Morgan fingerprint density at radius 2 is 1.67 bits per heavy atom. The lowest BCUT2D eigenvalue weighted by Crippen LogP contribution is -2.34. The molecule has 0 unspecified atom stereocenters. The van der Waals surface area contributed by atoms with E-state index in [1.807, 2.05) is 6.07 Å². The maximum atomic E-state index is 9.12. The molecule has 0 amide bonds. The zero-order valence-corrected chi connectivity index (χ0v) is 9.99. The smallest absolute Gasteiger partial charge is 0.132 e. The van der Waals surface area contributed by atoms with Gasteiger partial charge in [-0.2, -0.15) is 0 Å². The van der Waals surface area contributed by atoms with Gasteiger partial charge in [0.25, 0.3) is 0 Å². The first-order valence-corrected chi connectivity index (χ1v) is 5.04. The molecular weight excluding hydrogens is 214 g/mol. The molecule has 0 N–H and O–H groups in total. The van der Waals surface area contributed by atoms with Crippen molar-refractivity contribution in [1.29, 1.82) is 0 Å². The van der Waals surface area contributed by atoms with Crippen molar-refractivity contribution in [1.82, 2.24) is 4.48 Å². The van der Waals surface area contributed by atoms with Crippen LogP contribution in [-0.2, 0) is 4.79 Å². The Bertz CT molecular complexity index is 293. The van der Waals surface area contributed by atoms with Crippen LogP contribution in [0.15, 0.2) is 30.3 Å². The summed E-state index contributed by atoms with van der Waals surface area (Å²) in [5.74, 6) is -1.65. The summed E-state index contributed by atoms with van der Waals surface area (Å²) >= 11 is 4.67. The van der Waals surface area contributed by atoms with Crippen LogP contribution in [0.2, 0.25) is 0 Å². The maximum absolute atomic E-state index is 9.12. The van der Waals surface area contributed by atoms with Crippen molar-refractivity contribution >= 4 is 23.3 Å². The summed E-state index contributed by atoms with van der Waals surface area (Å²) in [6.45, 7) is 0. The second-order valence-electron chi connectivity index (χ2n) is 3.85. The van der Waals surface area contributed by atoms with E-state index in [1.165, 1.54) is 5.69 Å². The predicted molar refractivity (Wildman–Crippen MR) is 61.7 cm³/mol. The minimum Gasteiger partial charge on any atom is -0.549 e. The standard InChI is InChI=1S/C9H14N.C2H3ClO2/c1-10(2,3)9-7-5-4-6-8-9;3-1-2(4)5/h4-8H,1-3H3;1H2,(H,4,5)/q+1;/p-1. The number of carboxylic acid groups (broad SMARTS) is 1. The Labute approximate surface area is 95.5 Å². The number of carboxylic acids is 1. The van der Waals surface area contributed by atoms with Crippen LogP contribution in [0.3, 0.4) is 0 Å². The first-order chi connectivity index (χ1) is 6.88. The number of benzene rings is 1. The molecule has 0 atom stereocenters. The van der Waals surface area contributed by atoms with Crippen LogP contribution in [0, 0.1) is 0 Å². The quantitative estimate of drug-likeness (QED) is 0.558. The van der Waals surface area contributed by atoms with Gasteiger partial charge in [-0.25, -0.2) is 0 Å². The molecule has 0 aromatic heterocycles. The SMILES string of the molecule is C[N+](C)(C)c1ccccc1.O=C([O-])CCl. The summed E-state index contributed by atoms with van der Waals surface area (Å²) in [6.07, 6.45) is 0. The maximum Gasteiger partial charge on any atom is 0.132 e. The number of rotatable bonds is 2. The third kappa shape index (κ3) is 6.94. The molecule has 4 heteroatoms. The van der Waals surface area contributed by atoms with Crippen molar-refractivity contribution in [2.75, 3.05) is 27.0 Å². The zero-order valence-electron chi connectivity index (χ0n) is 9.24. The number of nitrogens with zero attached hydrogens (tertiary/aromatic N) is 1. The molecule has 84 valence electrons. The van der Waals surface area contributed by atoms with Crippen LogP contribution < -0.4 is 9.59 Å². The molecule has 0 aliphatic rings. The number of hydrogen-bond donors (Lipinski definition) is 0. The molecule has 0 fully saturated rings. The minimum atomic E-state index is -1.23. The normalized spacial score (nSPS) is 10.1. The molecule has 1 rings (SSSR count). The number of aliphatic carboxylic acids is 1. The Morgan fingerprint density at radius 1 is 1.27 bits per heavy atom. The van der Waals surface area contributed by atoms with Crippen molar-refractivity contribution in [3.05, 3.63) is 30.3 Å². The van der Waals surface area contributed by atoms with Gasteiger partial charge in [0.05, 0.1) is 33.0 Å². The van der Waals surface area contributed by atoms with Crippen LogP contribution >= 0.6 is 11.6 Å². The van der Waals surface area contributed by atoms with Gasteiger partial charge in [-0.05, 0) is 12.1 Å². The molecule has 0 spiro atoms. The molecule has 3 nitrogen and oxygen atoms in total. The zero-order chi connectivity index (χ0) is 11.9. The third-order valence-corrected chi connectivity index (χ3v) is 1.86. The van der Waals surface area contributed by atoms with Crippen molar-refractivity contribution in [2.24, 2.45) is 0 Å². The molecule has 1 aromatic carbocycles. The van der Waals surface area contributed by atoms with E-state index in [-0.39, 0.29) is 0 Å². The summed E-state index contributed by atoms with van der Waals surface area (Å²) < 4.78 is 0.890. The van der Waals surface area contributed by atoms with E-state index in [0.717, 1.165) is 4.48 Å². The average molecular weight is 230 g/mol. The second kappa shape index (κ2) is 6.43. The molecule has 0 aliphatic carbocycles. The molecule has 0 heterocycles. The Kier molecular flexibility index (Phi) is 5.97. The van der Waals surface area contributed by atoms with Crippen LogP contribution in [-0.4, -0.2) is 33.0 Å². The predicted octanol–water partition coefficient (Wildman–Crippen LogP) is 0.858. The largest absolute Gasteiger partial charge is 0.549 e. The first-order valence-electron chi connectivity index (χ1n) is 4.50. The van der Waals surface area contributed by atoms with Gasteiger partial charge in [-0.1, -0.05) is 18.2 Å². The number of carbonyl (C=O) groups is 1. The van der Waals surface area contributed by atoms with Gasteiger partial charge in [0, 0.05) is 0 Å². The van der Waals surface area contributed by atoms with Gasteiger partial charge < -0.3 is 9.90 Å². The van der Waals surface area contributed by atoms with Crippen molar-refractivity contribution in [3.63, 3.8) is 0 Å². The number of halogens is 1. The third-order valence-electron chi connectivity index (χ3n) is 1.64. The molecular formula is C11H16ClNO2. The number of para-hydroxylation sites is 1. The Hall–Kier alpha value is -1.06. The topological polar surface area (TPSA) is 40.1 Å². The Morgan fingerprint density at radius 3 is 1.87 bits per heavy atom. The van der Waals surface area contributed by atoms with Gasteiger partial charge in [-0.3, -0.25) is 4.48 Å². The highest BCUT2D eigenvalue weighted by atomic mass is 35.5. The van der Waals surface area contributed by atoms with Gasteiger partial charge >= 0.3 is 0 Å². The molecule has 0 saturated heterocycles. The molecule has 1 aromatic rings. The first kappa shape index (κ1) is 13.9. The van der Waals surface area contributed by atoms with E-state index in [0.29, 0.717) is 0 Å². The fourth-order valence-electron chi connectivity index (χ4n) is 0.875. The molecule has 0 bridgehead atoms.